The first-order chi connectivity index (χ1) is 10.3. The number of nitrogens with zero attached hydrogens (tertiary/aromatic N) is 3. The van der Waals surface area contributed by atoms with Gasteiger partial charge in [0.05, 0.1) is 23.5 Å². The molecule has 4 rings (SSSR count). The molecule has 116 valence electrons. The van der Waals surface area contributed by atoms with Crippen molar-refractivity contribution < 1.29 is 9.47 Å². The Morgan fingerprint density at radius 3 is 2.90 bits per heavy atom. The van der Waals surface area contributed by atoms with Gasteiger partial charge in [0.1, 0.15) is 0 Å². The Balaban J connectivity index is 1.40. The minimum atomic E-state index is 0.0134. The van der Waals surface area contributed by atoms with Crippen molar-refractivity contribution in [1.82, 2.24) is 20.3 Å². The summed E-state index contributed by atoms with van der Waals surface area (Å²) in [7, 11) is 0. The van der Waals surface area contributed by atoms with Gasteiger partial charge in [-0.15, -0.1) is 5.10 Å². The zero-order valence-corrected chi connectivity index (χ0v) is 12.5. The Bertz CT molecular complexity index is 474. The molecule has 3 heterocycles. The predicted molar refractivity (Wildman–Crippen MR) is 76.9 cm³/mol. The summed E-state index contributed by atoms with van der Waals surface area (Å²) in [5.74, 6) is 0. The standard InChI is InChI=1S/C15H24N4O2/c1-2-12(1)16-10-13-11-19(18-17-13)14-3-6-21-15(9-14)4-7-20-8-5-15/h11-12,14,16H,1-10H2. The van der Waals surface area contributed by atoms with Crippen molar-refractivity contribution in [2.45, 2.75) is 62.8 Å². The third-order valence-electron chi connectivity index (χ3n) is 4.95. The third kappa shape index (κ3) is 3.12. The highest BCUT2D eigenvalue weighted by Crippen LogP contribution is 2.38. The van der Waals surface area contributed by atoms with E-state index in [0.29, 0.717) is 12.1 Å². The third-order valence-corrected chi connectivity index (χ3v) is 4.95. The average molecular weight is 292 g/mol. The van der Waals surface area contributed by atoms with Gasteiger partial charge in [-0.1, -0.05) is 5.21 Å². The predicted octanol–water partition coefficient (Wildman–Crippen LogP) is 1.43. The van der Waals surface area contributed by atoms with Gasteiger partial charge in [0.15, 0.2) is 0 Å². The molecule has 21 heavy (non-hydrogen) atoms. The second-order valence-corrected chi connectivity index (χ2v) is 6.64. The molecule has 6 nitrogen and oxygen atoms in total. The highest BCUT2D eigenvalue weighted by Gasteiger charge is 2.39. The van der Waals surface area contributed by atoms with Crippen LogP contribution in [-0.4, -0.2) is 46.5 Å². The minimum Gasteiger partial charge on any atom is -0.381 e. The maximum absolute atomic E-state index is 6.10. The number of aromatic nitrogens is 3. The normalized spacial score (nSPS) is 28.9. The topological polar surface area (TPSA) is 61.2 Å². The highest BCUT2D eigenvalue weighted by molar-refractivity contribution is 4.97. The van der Waals surface area contributed by atoms with E-state index in [1.54, 1.807) is 0 Å². The maximum atomic E-state index is 6.10. The molecule has 1 atom stereocenters. The molecular weight excluding hydrogens is 268 g/mol. The van der Waals surface area contributed by atoms with Gasteiger partial charge in [0.25, 0.3) is 0 Å². The van der Waals surface area contributed by atoms with Gasteiger partial charge in [-0.05, 0) is 38.5 Å². The lowest BCUT2D eigenvalue weighted by Gasteiger charge is -2.43. The Kier molecular flexibility index (Phi) is 3.69. The second kappa shape index (κ2) is 5.66. The molecule has 1 aromatic heterocycles. The van der Waals surface area contributed by atoms with E-state index < -0.39 is 0 Å². The second-order valence-electron chi connectivity index (χ2n) is 6.64. The smallest absolute Gasteiger partial charge is 0.0965 e. The summed E-state index contributed by atoms with van der Waals surface area (Å²) in [4.78, 5) is 0. The molecule has 1 unspecified atom stereocenters. The van der Waals surface area contributed by atoms with Gasteiger partial charge >= 0.3 is 0 Å². The van der Waals surface area contributed by atoms with E-state index in [1.165, 1.54) is 12.8 Å². The number of ether oxygens (including phenoxy) is 2. The molecule has 2 saturated heterocycles. The molecule has 0 aromatic carbocycles. The molecule has 3 fully saturated rings. The Morgan fingerprint density at radius 2 is 2.10 bits per heavy atom. The summed E-state index contributed by atoms with van der Waals surface area (Å²) in [6, 6.07) is 1.13. The van der Waals surface area contributed by atoms with Crippen molar-refractivity contribution in [2.75, 3.05) is 19.8 Å². The molecule has 3 aliphatic rings. The molecule has 1 aliphatic carbocycles. The van der Waals surface area contributed by atoms with Crippen LogP contribution in [0.4, 0.5) is 0 Å². The fourth-order valence-electron chi connectivity index (χ4n) is 3.43. The average Bonchev–Trinajstić information content (AvgIpc) is 3.22. The Hall–Kier alpha value is -0.980. The summed E-state index contributed by atoms with van der Waals surface area (Å²) in [5, 5.41) is 12.2. The highest BCUT2D eigenvalue weighted by atomic mass is 16.5. The van der Waals surface area contributed by atoms with E-state index in [2.05, 4.69) is 26.5 Å². The molecule has 0 amide bonds. The quantitative estimate of drug-likeness (QED) is 0.909. The SMILES string of the molecule is c1c(CNC2CC2)nnn1C1CCOC2(CCOCC2)C1. The molecule has 1 N–H and O–H groups in total. The van der Waals surface area contributed by atoms with Crippen LogP contribution >= 0.6 is 0 Å². The molecule has 1 saturated carbocycles. The Morgan fingerprint density at radius 1 is 1.24 bits per heavy atom. The van der Waals surface area contributed by atoms with Crippen LogP contribution in [0.5, 0.6) is 0 Å². The molecule has 2 aliphatic heterocycles. The van der Waals surface area contributed by atoms with Gasteiger partial charge in [0.2, 0.25) is 0 Å². The molecule has 6 heteroatoms. The van der Waals surface area contributed by atoms with Gasteiger partial charge in [-0.2, -0.15) is 0 Å². The lowest BCUT2D eigenvalue weighted by Crippen LogP contribution is -2.44. The van der Waals surface area contributed by atoms with Gasteiger partial charge < -0.3 is 14.8 Å². The van der Waals surface area contributed by atoms with Gasteiger partial charge in [0, 0.05) is 32.4 Å². The number of hydrogen-bond donors (Lipinski definition) is 1. The molecule has 1 aromatic rings. The van der Waals surface area contributed by atoms with Crippen LogP contribution in [0.3, 0.4) is 0 Å². The zero-order chi connectivity index (χ0) is 14.1. The van der Waals surface area contributed by atoms with E-state index in [9.17, 15) is 0 Å². The summed E-state index contributed by atoms with van der Waals surface area (Å²) in [6.07, 6.45) is 8.80. The van der Waals surface area contributed by atoms with Crippen molar-refractivity contribution in [3.63, 3.8) is 0 Å². The number of hydrogen-bond acceptors (Lipinski definition) is 5. The summed E-state index contributed by atoms with van der Waals surface area (Å²) in [6.45, 7) is 3.30. The first kappa shape index (κ1) is 13.7. The van der Waals surface area contributed by atoms with E-state index in [-0.39, 0.29) is 5.60 Å². The summed E-state index contributed by atoms with van der Waals surface area (Å²) >= 11 is 0. The summed E-state index contributed by atoms with van der Waals surface area (Å²) in [5.41, 5.74) is 1.06. The monoisotopic (exact) mass is 292 g/mol. The van der Waals surface area contributed by atoms with Crippen LogP contribution < -0.4 is 5.32 Å². The number of rotatable bonds is 4. The van der Waals surface area contributed by atoms with Crippen molar-refractivity contribution in [3.05, 3.63) is 11.9 Å². The van der Waals surface area contributed by atoms with Crippen molar-refractivity contribution >= 4 is 0 Å². The van der Waals surface area contributed by atoms with Crippen LogP contribution in [-0.2, 0) is 16.0 Å². The zero-order valence-electron chi connectivity index (χ0n) is 12.5. The lowest BCUT2D eigenvalue weighted by molar-refractivity contribution is -0.145. The van der Waals surface area contributed by atoms with Crippen LogP contribution in [0.25, 0.3) is 0 Å². The maximum Gasteiger partial charge on any atom is 0.0965 e. The van der Waals surface area contributed by atoms with Crippen molar-refractivity contribution in [3.8, 4) is 0 Å². The first-order valence-corrected chi connectivity index (χ1v) is 8.19. The van der Waals surface area contributed by atoms with Crippen molar-refractivity contribution in [1.29, 1.82) is 0 Å². The van der Waals surface area contributed by atoms with E-state index in [4.69, 9.17) is 9.47 Å². The van der Waals surface area contributed by atoms with Crippen LogP contribution in [0, 0.1) is 0 Å². The minimum absolute atomic E-state index is 0.0134. The molecule has 0 bridgehead atoms. The molecular formula is C15H24N4O2. The fraction of sp³-hybridized carbons (Fsp3) is 0.867. The van der Waals surface area contributed by atoms with E-state index in [1.807, 2.05) is 0 Å². The lowest BCUT2D eigenvalue weighted by atomic mass is 9.84. The van der Waals surface area contributed by atoms with Gasteiger partial charge in [-0.25, -0.2) is 4.68 Å². The van der Waals surface area contributed by atoms with Crippen LogP contribution in [0.15, 0.2) is 6.20 Å². The van der Waals surface area contributed by atoms with E-state index in [0.717, 1.165) is 57.7 Å². The molecule has 1 spiro atoms. The van der Waals surface area contributed by atoms with Crippen LogP contribution in [0.1, 0.15) is 50.3 Å². The fourth-order valence-corrected chi connectivity index (χ4v) is 3.43. The summed E-state index contributed by atoms with van der Waals surface area (Å²) < 4.78 is 13.6. The van der Waals surface area contributed by atoms with Crippen LogP contribution in [0.2, 0.25) is 0 Å². The van der Waals surface area contributed by atoms with Crippen molar-refractivity contribution in [2.24, 2.45) is 0 Å². The Labute approximate surface area is 125 Å². The first-order valence-electron chi connectivity index (χ1n) is 8.19. The molecule has 0 radical (unpaired) electrons. The largest absolute Gasteiger partial charge is 0.381 e. The number of nitrogens with one attached hydrogen (secondary N) is 1. The van der Waals surface area contributed by atoms with Gasteiger partial charge in [-0.3, -0.25) is 0 Å². The van der Waals surface area contributed by atoms with E-state index >= 15 is 0 Å².